The molecule has 7 heteroatoms. The number of fused-ring (bicyclic) bond motifs is 4. The van der Waals surface area contributed by atoms with E-state index in [2.05, 4.69) is 22.9 Å². The van der Waals surface area contributed by atoms with Crippen molar-refractivity contribution in [3.05, 3.63) is 63.2 Å². The zero-order chi connectivity index (χ0) is 23.8. The highest BCUT2D eigenvalue weighted by molar-refractivity contribution is 5.60. The summed E-state index contributed by atoms with van der Waals surface area (Å²) < 4.78 is 19.5. The van der Waals surface area contributed by atoms with Crippen LogP contribution in [0.5, 0.6) is 17.2 Å². The Morgan fingerprint density at radius 2 is 2.00 bits per heavy atom. The molecule has 0 amide bonds. The van der Waals surface area contributed by atoms with E-state index in [1.807, 2.05) is 25.1 Å². The van der Waals surface area contributed by atoms with Gasteiger partial charge >= 0.3 is 0 Å². The zero-order valence-electron chi connectivity index (χ0n) is 20.5. The van der Waals surface area contributed by atoms with Crippen molar-refractivity contribution in [3.8, 4) is 17.2 Å². The lowest BCUT2D eigenvalue weighted by molar-refractivity contribution is 0.202. The number of pyridine rings is 1. The number of hydrogen-bond donors (Lipinski definition) is 0. The van der Waals surface area contributed by atoms with Gasteiger partial charge in [-0.25, -0.2) is 4.98 Å². The molecule has 0 N–H and O–H groups in total. The van der Waals surface area contributed by atoms with Crippen LogP contribution >= 0.6 is 0 Å². The Morgan fingerprint density at radius 1 is 1.15 bits per heavy atom. The summed E-state index contributed by atoms with van der Waals surface area (Å²) in [6.45, 7) is 7.48. The Hall–Kier alpha value is -3.06. The molecule has 3 aromatic rings. The van der Waals surface area contributed by atoms with E-state index in [0.29, 0.717) is 30.5 Å². The van der Waals surface area contributed by atoms with E-state index in [1.165, 1.54) is 5.56 Å². The molecule has 0 spiro atoms. The van der Waals surface area contributed by atoms with E-state index < -0.39 is 0 Å². The summed E-state index contributed by atoms with van der Waals surface area (Å²) in [7, 11) is 3.43. The second kappa shape index (κ2) is 9.29. The molecule has 0 radical (unpaired) electrons. The third kappa shape index (κ3) is 3.82. The number of aryl methyl sites for hydroxylation is 1. The van der Waals surface area contributed by atoms with Gasteiger partial charge in [0.2, 0.25) is 0 Å². The minimum Gasteiger partial charge on any atom is -0.496 e. The lowest BCUT2D eigenvalue weighted by Gasteiger charge is -2.30. The first-order chi connectivity index (χ1) is 16.5. The summed E-state index contributed by atoms with van der Waals surface area (Å²) >= 11 is 0. The second-order valence-corrected chi connectivity index (χ2v) is 9.36. The van der Waals surface area contributed by atoms with Gasteiger partial charge in [0.15, 0.2) is 11.5 Å². The minimum absolute atomic E-state index is 0.0336. The molecule has 1 saturated heterocycles. The molecular weight excluding hydrogens is 430 g/mol. The number of rotatable bonds is 7. The van der Waals surface area contributed by atoms with Crippen LogP contribution in [0.2, 0.25) is 0 Å². The van der Waals surface area contributed by atoms with Gasteiger partial charge in [-0.3, -0.25) is 9.20 Å². The number of ether oxygens (including phenoxy) is 3. The maximum absolute atomic E-state index is 13.1. The first-order valence-corrected chi connectivity index (χ1v) is 12.1. The zero-order valence-corrected chi connectivity index (χ0v) is 20.5. The van der Waals surface area contributed by atoms with Gasteiger partial charge in [0.05, 0.1) is 20.8 Å². The number of methoxy groups -OCH3 is 2. The van der Waals surface area contributed by atoms with Crippen LogP contribution in [0.4, 0.5) is 0 Å². The summed E-state index contributed by atoms with van der Waals surface area (Å²) in [5, 5.41) is 0. The SMILES string of the molecule is CCCc1c(OC)cc2c(c1OC)OC[C@H]1CN(CCc3c(C)nc4ccccn4c3=O)C[C@@H]21. The monoisotopic (exact) mass is 463 g/mol. The average Bonchev–Trinajstić information content (AvgIpc) is 3.27. The third-order valence-corrected chi connectivity index (χ3v) is 7.32. The van der Waals surface area contributed by atoms with Crippen molar-refractivity contribution in [2.24, 2.45) is 5.92 Å². The lowest BCUT2D eigenvalue weighted by atomic mass is 9.85. The van der Waals surface area contributed by atoms with Crippen LogP contribution in [-0.2, 0) is 12.8 Å². The minimum atomic E-state index is 0.0336. The molecule has 4 heterocycles. The Bertz CT molecular complexity index is 1270. The molecule has 0 aliphatic carbocycles. The van der Waals surface area contributed by atoms with Crippen LogP contribution in [0.25, 0.3) is 5.65 Å². The lowest BCUT2D eigenvalue weighted by Crippen LogP contribution is -2.28. The Kier molecular flexibility index (Phi) is 6.21. The molecule has 2 aromatic heterocycles. The van der Waals surface area contributed by atoms with Crippen LogP contribution in [0.3, 0.4) is 0 Å². The van der Waals surface area contributed by atoms with E-state index in [0.717, 1.165) is 66.5 Å². The highest BCUT2D eigenvalue weighted by Crippen LogP contribution is 2.50. The van der Waals surface area contributed by atoms with E-state index in [4.69, 9.17) is 14.2 Å². The third-order valence-electron chi connectivity index (χ3n) is 7.32. The van der Waals surface area contributed by atoms with E-state index in [9.17, 15) is 4.79 Å². The largest absolute Gasteiger partial charge is 0.496 e. The number of benzene rings is 1. The molecule has 34 heavy (non-hydrogen) atoms. The molecular formula is C27H33N3O4. The van der Waals surface area contributed by atoms with Crippen molar-refractivity contribution >= 4 is 5.65 Å². The van der Waals surface area contributed by atoms with Crippen molar-refractivity contribution < 1.29 is 14.2 Å². The Balaban J connectivity index is 1.38. The first-order valence-electron chi connectivity index (χ1n) is 12.1. The molecule has 0 bridgehead atoms. The fourth-order valence-corrected chi connectivity index (χ4v) is 5.63. The highest BCUT2D eigenvalue weighted by atomic mass is 16.5. The molecule has 2 aliphatic heterocycles. The molecule has 2 aliphatic rings. The van der Waals surface area contributed by atoms with Crippen molar-refractivity contribution in [1.29, 1.82) is 0 Å². The van der Waals surface area contributed by atoms with Crippen molar-refractivity contribution in [2.75, 3.05) is 40.5 Å². The summed E-state index contributed by atoms with van der Waals surface area (Å²) in [5.74, 6) is 3.35. The van der Waals surface area contributed by atoms with E-state index in [1.54, 1.807) is 24.8 Å². The first kappa shape index (κ1) is 22.7. The molecule has 0 unspecified atom stereocenters. The van der Waals surface area contributed by atoms with E-state index >= 15 is 0 Å². The smallest absolute Gasteiger partial charge is 0.261 e. The van der Waals surface area contributed by atoms with Gasteiger partial charge in [0.1, 0.15) is 11.4 Å². The van der Waals surface area contributed by atoms with Gasteiger partial charge in [0, 0.05) is 60.1 Å². The topological polar surface area (TPSA) is 65.3 Å². The van der Waals surface area contributed by atoms with Gasteiger partial charge < -0.3 is 19.1 Å². The van der Waals surface area contributed by atoms with Crippen LogP contribution in [0, 0.1) is 12.8 Å². The molecule has 180 valence electrons. The molecule has 5 rings (SSSR count). The fourth-order valence-electron chi connectivity index (χ4n) is 5.63. The van der Waals surface area contributed by atoms with Gasteiger partial charge in [0.25, 0.3) is 5.56 Å². The van der Waals surface area contributed by atoms with Crippen LogP contribution in [0.15, 0.2) is 35.3 Å². The molecule has 1 aromatic carbocycles. The van der Waals surface area contributed by atoms with Crippen LogP contribution < -0.4 is 19.8 Å². The fraction of sp³-hybridized carbons (Fsp3) is 0.481. The summed E-state index contributed by atoms with van der Waals surface area (Å²) in [6, 6.07) is 7.80. The van der Waals surface area contributed by atoms with Gasteiger partial charge in [-0.05, 0) is 38.0 Å². The van der Waals surface area contributed by atoms with Gasteiger partial charge in [-0.1, -0.05) is 19.4 Å². The molecule has 2 atom stereocenters. The standard InChI is InChI=1S/C27H33N3O4/c1-5-8-20-23(32-3)13-21-22-15-29(14-18(22)16-34-26(21)25(20)33-4)12-10-19-17(2)28-24-9-6-7-11-30(24)27(19)31/h6-7,9,11,13,18,22H,5,8,10,12,14-16H2,1-4H3/t18-,22-/m1/s1. The number of aromatic nitrogens is 2. The van der Waals surface area contributed by atoms with Gasteiger partial charge in [-0.15, -0.1) is 0 Å². The van der Waals surface area contributed by atoms with Crippen LogP contribution in [-0.4, -0.2) is 54.7 Å². The Morgan fingerprint density at radius 3 is 2.76 bits per heavy atom. The second-order valence-electron chi connectivity index (χ2n) is 9.36. The maximum Gasteiger partial charge on any atom is 0.261 e. The average molecular weight is 464 g/mol. The molecule has 1 fully saturated rings. The normalized spacial score (nSPS) is 19.5. The van der Waals surface area contributed by atoms with E-state index in [-0.39, 0.29) is 5.56 Å². The quantitative estimate of drug-likeness (QED) is 0.533. The van der Waals surface area contributed by atoms with Crippen LogP contribution in [0.1, 0.15) is 41.6 Å². The van der Waals surface area contributed by atoms with Crippen molar-refractivity contribution in [3.63, 3.8) is 0 Å². The van der Waals surface area contributed by atoms with Crippen molar-refractivity contribution in [1.82, 2.24) is 14.3 Å². The predicted molar refractivity (Wildman–Crippen MR) is 132 cm³/mol. The summed E-state index contributed by atoms with van der Waals surface area (Å²) in [6.07, 6.45) is 4.37. The highest BCUT2D eigenvalue weighted by Gasteiger charge is 2.41. The molecule has 0 saturated carbocycles. The van der Waals surface area contributed by atoms with Crippen molar-refractivity contribution in [2.45, 2.75) is 39.0 Å². The van der Waals surface area contributed by atoms with Gasteiger partial charge in [-0.2, -0.15) is 0 Å². The molecule has 7 nitrogen and oxygen atoms in total. The predicted octanol–water partition coefficient (Wildman–Crippen LogP) is 3.62. The number of likely N-dealkylation sites (tertiary alicyclic amines) is 1. The number of nitrogens with zero attached hydrogens (tertiary/aromatic N) is 3. The summed E-state index contributed by atoms with van der Waals surface area (Å²) in [5.41, 5.74) is 4.60. The summed E-state index contributed by atoms with van der Waals surface area (Å²) in [4.78, 5) is 20.1. The maximum atomic E-state index is 13.1. The number of hydrogen-bond acceptors (Lipinski definition) is 6. The Labute approximate surface area is 200 Å².